The number of Topliss-reactive ketones (excluding diaryl/α,β-unsaturated/α-hetero) is 1. The molecule has 0 aliphatic carbocycles. The van der Waals surface area contributed by atoms with Crippen molar-refractivity contribution in [2.24, 2.45) is 0 Å². The van der Waals surface area contributed by atoms with Crippen LogP contribution >= 0.6 is 0 Å². The van der Waals surface area contributed by atoms with Crippen LogP contribution in [0.4, 0.5) is 0 Å². The predicted molar refractivity (Wildman–Crippen MR) is 95.5 cm³/mol. The first-order valence-corrected chi connectivity index (χ1v) is 9.71. The van der Waals surface area contributed by atoms with Crippen LogP contribution in [0.15, 0.2) is 47.4 Å². The van der Waals surface area contributed by atoms with Crippen LogP contribution < -0.4 is 0 Å². The molecule has 1 aliphatic heterocycles. The highest BCUT2D eigenvalue weighted by molar-refractivity contribution is 7.90. The Morgan fingerprint density at radius 1 is 1.04 bits per heavy atom. The van der Waals surface area contributed by atoms with Crippen molar-refractivity contribution in [2.45, 2.75) is 31.3 Å². The number of pyridine rings is 1. The van der Waals surface area contributed by atoms with E-state index >= 15 is 0 Å². The van der Waals surface area contributed by atoms with E-state index in [9.17, 15) is 13.2 Å². The Bertz CT molecular complexity index is 986. The summed E-state index contributed by atoms with van der Waals surface area (Å²) in [5.41, 5.74) is 1.42. The molecular formula is C19H19NO4S. The fourth-order valence-corrected chi connectivity index (χ4v) is 3.36. The molecule has 0 atom stereocenters. The van der Waals surface area contributed by atoms with Gasteiger partial charge in [0.05, 0.1) is 16.2 Å². The molecule has 1 aromatic carbocycles. The first-order chi connectivity index (χ1) is 11.6. The van der Waals surface area contributed by atoms with Crippen LogP contribution in [-0.4, -0.2) is 31.0 Å². The van der Waals surface area contributed by atoms with Crippen molar-refractivity contribution in [3.8, 4) is 0 Å². The molecule has 0 radical (unpaired) electrons. The van der Waals surface area contributed by atoms with Crippen molar-refractivity contribution < 1.29 is 17.9 Å². The van der Waals surface area contributed by atoms with Gasteiger partial charge in [-0.3, -0.25) is 9.78 Å². The molecule has 1 aromatic heterocycles. The van der Waals surface area contributed by atoms with Crippen molar-refractivity contribution in [3.63, 3.8) is 0 Å². The van der Waals surface area contributed by atoms with Crippen LogP contribution in [0.5, 0.6) is 0 Å². The molecule has 5 nitrogen and oxygen atoms in total. The second-order valence-electron chi connectivity index (χ2n) is 6.61. The highest BCUT2D eigenvalue weighted by atomic mass is 32.2. The smallest absolute Gasteiger partial charge is 0.211 e. The predicted octanol–water partition coefficient (Wildman–Crippen LogP) is 3.04. The molecule has 0 N–H and O–H groups in total. The maximum absolute atomic E-state index is 12.8. The lowest BCUT2D eigenvalue weighted by Gasteiger charge is -2.17. The van der Waals surface area contributed by atoms with Gasteiger partial charge in [0.1, 0.15) is 5.76 Å². The van der Waals surface area contributed by atoms with Crippen LogP contribution in [0.1, 0.15) is 30.8 Å². The van der Waals surface area contributed by atoms with Crippen molar-refractivity contribution >= 4 is 27.0 Å². The first-order valence-electron chi connectivity index (χ1n) is 7.82. The number of ketones is 1. The number of rotatable bonds is 3. The second-order valence-corrected chi connectivity index (χ2v) is 8.62. The van der Waals surface area contributed by atoms with Gasteiger partial charge in [-0.15, -0.1) is 0 Å². The van der Waals surface area contributed by atoms with E-state index in [2.05, 4.69) is 4.98 Å². The third-order valence-electron chi connectivity index (χ3n) is 4.05. The Hall–Kier alpha value is -2.47. The summed E-state index contributed by atoms with van der Waals surface area (Å²) in [5, 5.41) is 0. The fraction of sp³-hybridized carbons (Fsp3) is 0.263. The summed E-state index contributed by atoms with van der Waals surface area (Å²) in [6.07, 6.45) is 1.15. The number of aryl methyl sites for hydroxylation is 1. The molecule has 0 bridgehead atoms. The maximum Gasteiger partial charge on any atom is 0.211 e. The summed E-state index contributed by atoms with van der Waals surface area (Å²) in [5.74, 6) is 0.279. The van der Waals surface area contributed by atoms with E-state index < -0.39 is 15.4 Å². The van der Waals surface area contributed by atoms with E-state index in [0.717, 1.165) is 11.9 Å². The molecule has 1 aliphatic rings. The zero-order valence-electron chi connectivity index (χ0n) is 14.5. The molecular weight excluding hydrogens is 338 g/mol. The van der Waals surface area contributed by atoms with Crippen molar-refractivity contribution in [1.29, 1.82) is 0 Å². The minimum absolute atomic E-state index is 0.146. The summed E-state index contributed by atoms with van der Waals surface area (Å²) in [4.78, 5) is 17.5. The van der Waals surface area contributed by atoms with Gasteiger partial charge in [0.25, 0.3) is 0 Å². The lowest BCUT2D eigenvalue weighted by molar-refractivity contribution is -0.125. The number of aromatic nitrogens is 1. The number of carbonyl (C=O) groups excluding carboxylic acids is 1. The average molecular weight is 357 g/mol. The van der Waals surface area contributed by atoms with E-state index in [4.69, 9.17) is 4.74 Å². The molecule has 3 rings (SSSR count). The average Bonchev–Trinajstić information content (AvgIpc) is 2.77. The zero-order chi connectivity index (χ0) is 18.4. The monoisotopic (exact) mass is 357 g/mol. The zero-order valence-corrected chi connectivity index (χ0v) is 15.3. The van der Waals surface area contributed by atoms with Crippen LogP contribution in [0.3, 0.4) is 0 Å². The molecule has 0 saturated heterocycles. The van der Waals surface area contributed by atoms with Crippen molar-refractivity contribution in [1.82, 2.24) is 4.98 Å². The van der Waals surface area contributed by atoms with Gasteiger partial charge in [0, 0.05) is 17.5 Å². The summed E-state index contributed by atoms with van der Waals surface area (Å²) >= 11 is 0. The molecule has 0 unspecified atom stereocenters. The molecule has 2 heterocycles. The topological polar surface area (TPSA) is 73.3 Å². The maximum atomic E-state index is 12.8. The molecule has 2 aromatic rings. The standard InChI is InChI=1S/C19H19NO4S/c1-12-6-5-7-15(20-12)16-17(24-19(2,3)18(16)21)13-8-10-14(11-9-13)25(4,22)23/h5-11H,1-4H3. The van der Waals surface area contributed by atoms with Crippen LogP contribution in [-0.2, 0) is 19.4 Å². The van der Waals surface area contributed by atoms with Crippen LogP contribution in [0.25, 0.3) is 11.3 Å². The quantitative estimate of drug-likeness (QED) is 0.844. The molecule has 25 heavy (non-hydrogen) atoms. The normalized spacial score (nSPS) is 16.9. The summed E-state index contributed by atoms with van der Waals surface area (Å²) in [7, 11) is -3.28. The summed E-state index contributed by atoms with van der Waals surface area (Å²) < 4.78 is 29.2. The van der Waals surface area contributed by atoms with Gasteiger partial charge in [-0.1, -0.05) is 6.07 Å². The van der Waals surface area contributed by atoms with Gasteiger partial charge in [-0.2, -0.15) is 0 Å². The Morgan fingerprint density at radius 3 is 2.24 bits per heavy atom. The van der Waals surface area contributed by atoms with Gasteiger partial charge in [0.2, 0.25) is 5.78 Å². The minimum Gasteiger partial charge on any atom is -0.478 e. The second kappa shape index (κ2) is 5.81. The van der Waals surface area contributed by atoms with E-state index in [-0.39, 0.29) is 10.7 Å². The SMILES string of the molecule is Cc1cccc(C2=C(c3ccc(S(C)(=O)=O)cc3)OC(C)(C)C2=O)n1. The van der Waals surface area contributed by atoms with Gasteiger partial charge < -0.3 is 4.74 Å². The highest BCUT2D eigenvalue weighted by Gasteiger charge is 2.43. The van der Waals surface area contributed by atoms with Gasteiger partial charge in [-0.25, -0.2) is 8.42 Å². The largest absolute Gasteiger partial charge is 0.478 e. The molecule has 0 saturated carbocycles. The van der Waals surface area contributed by atoms with E-state index in [1.54, 1.807) is 32.0 Å². The molecule has 0 fully saturated rings. The Labute approximate surface area is 147 Å². The summed E-state index contributed by atoms with van der Waals surface area (Å²) in [6.45, 7) is 5.28. The van der Waals surface area contributed by atoms with Gasteiger partial charge in [-0.05, 0) is 57.2 Å². The molecule has 130 valence electrons. The van der Waals surface area contributed by atoms with Crippen LogP contribution in [0.2, 0.25) is 0 Å². The number of hydrogen-bond donors (Lipinski definition) is 0. The fourth-order valence-electron chi connectivity index (χ4n) is 2.73. The van der Waals surface area contributed by atoms with Crippen molar-refractivity contribution in [3.05, 3.63) is 59.4 Å². The molecule has 0 amide bonds. The van der Waals surface area contributed by atoms with E-state index in [1.807, 2.05) is 19.1 Å². The number of carbonyl (C=O) groups is 1. The third-order valence-corrected chi connectivity index (χ3v) is 5.18. The number of sulfone groups is 1. The number of hydrogen-bond acceptors (Lipinski definition) is 5. The Balaban J connectivity index is 2.17. The minimum atomic E-state index is -3.28. The Morgan fingerprint density at radius 2 is 1.68 bits per heavy atom. The van der Waals surface area contributed by atoms with E-state index in [0.29, 0.717) is 22.6 Å². The number of benzene rings is 1. The summed E-state index contributed by atoms with van der Waals surface area (Å²) in [6, 6.07) is 11.8. The van der Waals surface area contributed by atoms with E-state index in [1.165, 1.54) is 12.1 Å². The molecule has 0 spiro atoms. The number of ether oxygens (including phenoxy) is 1. The van der Waals surface area contributed by atoms with Crippen molar-refractivity contribution in [2.75, 3.05) is 6.26 Å². The van der Waals surface area contributed by atoms with Crippen LogP contribution in [0, 0.1) is 6.92 Å². The Kier molecular flexibility index (Phi) is 4.03. The lowest BCUT2D eigenvalue weighted by Crippen LogP contribution is -2.29. The van der Waals surface area contributed by atoms with Gasteiger partial charge in [0.15, 0.2) is 15.4 Å². The lowest BCUT2D eigenvalue weighted by atomic mass is 9.95. The third kappa shape index (κ3) is 3.22. The molecule has 6 heteroatoms. The highest BCUT2D eigenvalue weighted by Crippen LogP contribution is 2.40. The first kappa shape index (κ1) is 17.4. The number of nitrogens with zero attached hydrogens (tertiary/aromatic N) is 1. The van der Waals surface area contributed by atoms with Gasteiger partial charge >= 0.3 is 0 Å².